The van der Waals surface area contributed by atoms with Gasteiger partial charge in [-0.15, -0.1) is 6.58 Å². The van der Waals surface area contributed by atoms with Crippen LogP contribution < -0.4 is 5.30 Å². The maximum absolute atomic E-state index is 12.6. The number of hydrogen-bond donors (Lipinski definition) is 1. The van der Waals surface area contributed by atoms with Crippen molar-refractivity contribution in [3.8, 4) is 0 Å². The Balaban J connectivity index is 3.01. The lowest BCUT2D eigenvalue weighted by Crippen LogP contribution is -2.14. The SMILES string of the molecule is C=CCCCP(=O)(O)c1ccc(CCC)cc1CCC. The molecule has 0 amide bonds. The number of rotatable bonds is 9. The van der Waals surface area contributed by atoms with Gasteiger partial charge in [-0.2, -0.15) is 0 Å². The van der Waals surface area contributed by atoms with Crippen molar-refractivity contribution in [2.75, 3.05) is 6.16 Å². The highest BCUT2D eigenvalue weighted by Gasteiger charge is 2.23. The topological polar surface area (TPSA) is 37.3 Å². The van der Waals surface area contributed by atoms with E-state index < -0.39 is 7.37 Å². The van der Waals surface area contributed by atoms with Gasteiger partial charge < -0.3 is 4.89 Å². The Morgan fingerprint density at radius 1 is 1.25 bits per heavy atom. The van der Waals surface area contributed by atoms with Gasteiger partial charge in [-0.25, -0.2) is 0 Å². The van der Waals surface area contributed by atoms with E-state index in [0.717, 1.165) is 44.1 Å². The monoisotopic (exact) mass is 294 g/mol. The summed E-state index contributed by atoms with van der Waals surface area (Å²) >= 11 is 0. The molecular formula is C17H27O2P. The minimum atomic E-state index is -3.23. The van der Waals surface area contributed by atoms with E-state index in [-0.39, 0.29) is 0 Å². The van der Waals surface area contributed by atoms with Gasteiger partial charge in [0, 0.05) is 11.5 Å². The number of unbranched alkanes of at least 4 members (excludes halogenated alkanes) is 1. The molecule has 3 heteroatoms. The van der Waals surface area contributed by atoms with Gasteiger partial charge in [0.1, 0.15) is 0 Å². The van der Waals surface area contributed by atoms with Gasteiger partial charge >= 0.3 is 0 Å². The van der Waals surface area contributed by atoms with Crippen LogP contribution in [0.5, 0.6) is 0 Å². The molecule has 0 aromatic heterocycles. The first-order valence-corrected chi connectivity index (χ1v) is 9.44. The minimum absolute atomic E-state index is 0.350. The zero-order valence-corrected chi connectivity index (χ0v) is 13.7. The average Bonchev–Trinajstić information content (AvgIpc) is 2.39. The van der Waals surface area contributed by atoms with Gasteiger partial charge in [-0.1, -0.05) is 44.9 Å². The van der Waals surface area contributed by atoms with Crippen molar-refractivity contribution < 1.29 is 9.46 Å². The molecule has 0 heterocycles. The molecule has 112 valence electrons. The number of aryl methyl sites for hydroxylation is 2. The Hall–Kier alpha value is -0.850. The molecule has 0 radical (unpaired) electrons. The largest absolute Gasteiger partial charge is 0.341 e. The van der Waals surface area contributed by atoms with Crippen LogP contribution in [0, 0.1) is 0 Å². The van der Waals surface area contributed by atoms with Gasteiger partial charge in [-0.3, -0.25) is 4.57 Å². The summed E-state index contributed by atoms with van der Waals surface area (Å²) in [5.41, 5.74) is 2.33. The summed E-state index contributed by atoms with van der Waals surface area (Å²) < 4.78 is 12.6. The third-order valence-electron chi connectivity index (χ3n) is 3.45. The summed E-state index contributed by atoms with van der Waals surface area (Å²) in [4.78, 5) is 10.4. The molecule has 1 atom stereocenters. The molecule has 2 nitrogen and oxygen atoms in total. The van der Waals surface area contributed by atoms with Gasteiger partial charge in [0.2, 0.25) is 7.37 Å². The normalized spacial score (nSPS) is 13.9. The molecule has 0 aliphatic carbocycles. The molecule has 1 N–H and O–H groups in total. The van der Waals surface area contributed by atoms with E-state index in [0.29, 0.717) is 11.5 Å². The predicted octanol–water partition coefficient (Wildman–Crippen LogP) is 4.45. The summed E-state index contributed by atoms with van der Waals surface area (Å²) in [6, 6.07) is 6.01. The molecule has 0 aliphatic rings. The standard InChI is InChI=1S/C17H27O2P/c1-4-7-8-13-20(18,19)17-12-11-15(9-5-2)14-16(17)10-6-3/h4,11-12,14H,1,5-10,13H2,2-3H3,(H,18,19). The van der Waals surface area contributed by atoms with Crippen molar-refractivity contribution in [2.45, 2.75) is 52.4 Å². The Kier molecular flexibility index (Phi) is 7.26. The molecule has 1 unspecified atom stereocenters. The molecule has 0 spiro atoms. The van der Waals surface area contributed by atoms with E-state index in [2.05, 4.69) is 26.5 Å². The van der Waals surface area contributed by atoms with Crippen LogP contribution in [0.4, 0.5) is 0 Å². The van der Waals surface area contributed by atoms with E-state index in [9.17, 15) is 9.46 Å². The molecule has 20 heavy (non-hydrogen) atoms. The zero-order valence-electron chi connectivity index (χ0n) is 12.8. The van der Waals surface area contributed by atoms with E-state index in [1.165, 1.54) is 5.56 Å². The van der Waals surface area contributed by atoms with Crippen LogP contribution in [-0.4, -0.2) is 11.1 Å². The molecule has 1 aromatic carbocycles. The Morgan fingerprint density at radius 2 is 1.95 bits per heavy atom. The number of benzene rings is 1. The highest BCUT2D eigenvalue weighted by molar-refractivity contribution is 7.66. The Morgan fingerprint density at radius 3 is 2.55 bits per heavy atom. The first kappa shape index (κ1) is 17.2. The Bertz CT molecular complexity index is 480. The Labute approximate surface area is 123 Å². The van der Waals surface area contributed by atoms with Crippen molar-refractivity contribution in [1.82, 2.24) is 0 Å². The fourth-order valence-corrected chi connectivity index (χ4v) is 4.25. The maximum atomic E-state index is 12.6. The average molecular weight is 294 g/mol. The van der Waals surface area contributed by atoms with Crippen LogP contribution in [0.3, 0.4) is 0 Å². The predicted molar refractivity (Wildman–Crippen MR) is 88.2 cm³/mol. The lowest BCUT2D eigenvalue weighted by Gasteiger charge is -2.17. The zero-order chi connectivity index (χ0) is 15.0. The summed E-state index contributed by atoms with van der Waals surface area (Å²) in [6.07, 6.45) is 7.67. The van der Waals surface area contributed by atoms with Gasteiger partial charge in [0.15, 0.2) is 0 Å². The van der Waals surface area contributed by atoms with Crippen LogP contribution in [0.25, 0.3) is 0 Å². The molecule has 1 aromatic rings. The van der Waals surface area contributed by atoms with E-state index in [1.807, 2.05) is 12.1 Å². The van der Waals surface area contributed by atoms with Gasteiger partial charge in [0.25, 0.3) is 0 Å². The van der Waals surface area contributed by atoms with Gasteiger partial charge in [-0.05, 0) is 42.9 Å². The summed E-state index contributed by atoms with van der Waals surface area (Å²) in [5, 5.41) is 0.670. The molecule has 0 saturated carbocycles. The first-order valence-electron chi connectivity index (χ1n) is 7.60. The summed E-state index contributed by atoms with van der Waals surface area (Å²) in [6.45, 7) is 7.92. The van der Waals surface area contributed by atoms with Crippen LogP contribution in [-0.2, 0) is 17.4 Å². The van der Waals surface area contributed by atoms with Crippen LogP contribution in [0.1, 0.15) is 50.7 Å². The van der Waals surface area contributed by atoms with Crippen molar-refractivity contribution in [2.24, 2.45) is 0 Å². The van der Waals surface area contributed by atoms with Crippen LogP contribution in [0.15, 0.2) is 30.9 Å². The lowest BCUT2D eigenvalue weighted by atomic mass is 10.0. The summed E-state index contributed by atoms with van der Waals surface area (Å²) in [7, 11) is -3.23. The highest BCUT2D eigenvalue weighted by atomic mass is 31.2. The van der Waals surface area contributed by atoms with Crippen molar-refractivity contribution in [3.05, 3.63) is 42.0 Å². The van der Waals surface area contributed by atoms with Crippen molar-refractivity contribution in [3.63, 3.8) is 0 Å². The molecule has 0 fully saturated rings. The fourth-order valence-electron chi connectivity index (χ4n) is 2.46. The number of allylic oxidation sites excluding steroid dienone is 1. The van der Waals surface area contributed by atoms with E-state index >= 15 is 0 Å². The molecule has 0 bridgehead atoms. The fraction of sp³-hybridized carbons (Fsp3) is 0.529. The lowest BCUT2D eigenvalue weighted by molar-refractivity contribution is 0.487. The molecule has 0 saturated heterocycles. The second-order valence-electron chi connectivity index (χ2n) is 5.32. The summed E-state index contributed by atoms with van der Waals surface area (Å²) in [5.74, 6) is 0. The maximum Gasteiger partial charge on any atom is 0.229 e. The quantitative estimate of drug-likeness (QED) is 0.415. The molecular weight excluding hydrogens is 267 g/mol. The van der Waals surface area contributed by atoms with Gasteiger partial charge in [0.05, 0.1) is 0 Å². The smallest absolute Gasteiger partial charge is 0.229 e. The van der Waals surface area contributed by atoms with E-state index in [4.69, 9.17) is 0 Å². The second kappa shape index (κ2) is 8.44. The van der Waals surface area contributed by atoms with Crippen molar-refractivity contribution >= 4 is 12.7 Å². The third-order valence-corrected chi connectivity index (χ3v) is 5.56. The van der Waals surface area contributed by atoms with Crippen LogP contribution >= 0.6 is 7.37 Å². The molecule has 1 rings (SSSR count). The second-order valence-corrected chi connectivity index (χ2v) is 7.65. The minimum Gasteiger partial charge on any atom is -0.341 e. The highest BCUT2D eigenvalue weighted by Crippen LogP contribution is 2.41. The first-order chi connectivity index (χ1) is 9.55. The van der Waals surface area contributed by atoms with Crippen LogP contribution in [0.2, 0.25) is 0 Å². The third kappa shape index (κ3) is 4.92. The molecule has 0 aliphatic heterocycles. The van der Waals surface area contributed by atoms with E-state index in [1.54, 1.807) is 6.08 Å². The van der Waals surface area contributed by atoms with Crippen molar-refractivity contribution in [1.29, 1.82) is 0 Å². The number of hydrogen-bond acceptors (Lipinski definition) is 1.